The van der Waals surface area contributed by atoms with Gasteiger partial charge in [0.1, 0.15) is 0 Å². The van der Waals surface area contributed by atoms with Crippen LogP contribution in [0.15, 0.2) is 45.8 Å². The summed E-state index contributed by atoms with van der Waals surface area (Å²) in [6.07, 6.45) is 0. The summed E-state index contributed by atoms with van der Waals surface area (Å²) in [7, 11) is 1.33. The number of thioether (sulfide) groups is 1. The van der Waals surface area contributed by atoms with Crippen LogP contribution in [0.1, 0.15) is 21.5 Å². The molecule has 0 aliphatic rings. The summed E-state index contributed by atoms with van der Waals surface area (Å²) in [4.78, 5) is 24.9. The number of nitrogens with one attached hydrogen (secondary N) is 1. The first-order valence-electron chi connectivity index (χ1n) is 7.28. The molecule has 0 aromatic heterocycles. The molecule has 0 fully saturated rings. The second-order valence-electron chi connectivity index (χ2n) is 5.27. The van der Waals surface area contributed by atoms with Crippen molar-refractivity contribution in [3.05, 3.63) is 57.6 Å². The Morgan fingerprint density at radius 3 is 2.54 bits per heavy atom. The molecule has 2 aromatic carbocycles. The summed E-state index contributed by atoms with van der Waals surface area (Å²) in [5.41, 5.74) is 3.04. The Morgan fingerprint density at radius 2 is 1.88 bits per heavy atom. The molecule has 1 amide bonds. The van der Waals surface area contributed by atoms with Crippen molar-refractivity contribution in [3.8, 4) is 0 Å². The van der Waals surface area contributed by atoms with E-state index in [2.05, 4.69) is 21.2 Å². The van der Waals surface area contributed by atoms with Gasteiger partial charge in [0.2, 0.25) is 5.91 Å². The van der Waals surface area contributed by atoms with E-state index in [1.165, 1.54) is 18.9 Å². The van der Waals surface area contributed by atoms with E-state index in [0.717, 1.165) is 20.5 Å². The van der Waals surface area contributed by atoms with E-state index in [0.29, 0.717) is 17.0 Å². The third-order valence-electron chi connectivity index (χ3n) is 3.43. The number of rotatable bonds is 5. The lowest BCUT2D eigenvalue weighted by Crippen LogP contribution is -2.15. The lowest BCUT2D eigenvalue weighted by molar-refractivity contribution is -0.113. The molecule has 0 atom stereocenters. The minimum Gasteiger partial charge on any atom is -0.465 e. The summed E-state index contributed by atoms with van der Waals surface area (Å²) in [6.45, 7) is 3.89. The second kappa shape index (κ2) is 8.35. The van der Waals surface area contributed by atoms with E-state index < -0.39 is 5.97 Å². The lowest BCUT2D eigenvalue weighted by Gasteiger charge is -2.10. The Morgan fingerprint density at radius 1 is 1.12 bits per heavy atom. The number of aryl methyl sites for hydroxylation is 2. The van der Waals surface area contributed by atoms with Crippen LogP contribution in [-0.4, -0.2) is 24.7 Å². The number of halogens is 1. The Balaban J connectivity index is 2.03. The fourth-order valence-electron chi connectivity index (χ4n) is 2.11. The smallest absolute Gasteiger partial charge is 0.337 e. The van der Waals surface area contributed by atoms with Gasteiger partial charge in [-0.1, -0.05) is 22.0 Å². The van der Waals surface area contributed by atoms with Crippen LogP contribution in [0, 0.1) is 13.8 Å². The molecule has 0 heterocycles. The molecule has 0 spiro atoms. The van der Waals surface area contributed by atoms with Gasteiger partial charge < -0.3 is 10.1 Å². The maximum Gasteiger partial charge on any atom is 0.337 e. The minimum absolute atomic E-state index is 0.118. The van der Waals surface area contributed by atoms with Gasteiger partial charge in [-0.3, -0.25) is 4.79 Å². The van der Waals surface area contributed by atoms with Gasteiger partial charge in [-0.15, -0.1) is 11.8 Å². The third-order valence-corrected chi connectivity index (χ3v) is 5.10. The number of esters is 1. The van der Waals surface area contributed by atoms with Crippen molar-refractivity contribution in [3.63, 3.8) is 0 Å². The Labute approximate surface area is 154 Å². The molecule has 0 radical (unpaired) electrons. The monoisotopic (exact) mass is 407 g/mol. The average molecular weight is 408 g/mol. The van der Waals surface area contributed by atoms with Crippen LogP contribution in [0.25, 0.3) is 0 Å². The molecule has 2 rings (SSSR count). The van der Waals surface area contributed by atoms with Crippen LogP contribution in [-0.2, 0) is 9.53 Å². The number of anilines is 1. The van der Waals surface area contributed by atoms with Crippen LogP contribution >= 0.6 is 27.7 Å². The van der Waals surface area contributed by atoms with Crippen LogP contribution in [0.5, 0.6) is 0 Å². The third kappa shape index (κ3) is 4.85. The molecule has 0 saturated carbocycles. The van der Waals surface area contributed by atoms with Crippen LogP contribution in [0.4, 0.5) is 5.69 Å². The van der Waals surface area contributed by atoms with Crippen LogP contribution in [0.2, 0.25) is 0 Å². The van der Waals surface area contributed by atoms with E-state index in [9.17, 15) is 9.59 Å². The van der Waals surface area contributed by atoms with Gasteiger partial charge in [-0.2, -0.15) is 0 Å². The fourth-order valence-corrected chi connectivity index (χ4v) is 3.39. The highest BCUT2D eigenvalue weighted by Gasteiger charge is 2.11. The highest BCUT2D eigenvalue weighted by atomic mass is 79.9. The van der Waals surface area contributed by atoms with Crippen molar-refractivity contribution in [1.29, 1.82) is 0 Å². The van der Waals surface area contributed by atoms with Gasteiger partial charge in [0.25, 0.3) is 0 Å². The summed E-state index contributed by atoms with van der Waals surface area (Å²) in [5, 5.41) is 2.85. The normalized spacial score (nSPS) is 10.3. The first-order valence-corrected chi connectivity index (χ1v) is 9.06. The summed E-state index contributed by atoms with van der Waals surface area (Å²) >= 11 is 4.91. The second-order valence-corrected chi connectivity index (χ2v) is 7.20. The quantitative estimate of drug-likeness (QED) is 0.581. The zero-order valence-electron chi connectivity index (χ0n) is 13.7. The molecule has 0 bridgehead atoms. The van der Waals surface area contributed by atoms with Gasteiger partial charge in [0.05, 0.1) is 18.4 Å². The van der Waals surface area contributed by atoms with Crippen LogP contribution in [0.3, 0.4) is 0 Å². The Hall–Kier alpha value is -1.79. The lowest BCUT2D eigenvalue weighted by atomic mass is 10.1. The highest BCUT2D eigenvalue weighted by Crippen LogP contribution is 2.26. The average Bonchev–Trinajstić information content (AvgIpc) is 2.55. The first kappa shape index (κ1) is 18.5. The summed E-state index contributed by atoms with van der Waals surface area (Å²) in [5.74, 6) is -0.248. The molecule has 0 aliphatic carbocycles. The molecule has 1 N–H and O–H groups in total. The molecule has 4 nitrogen and oxygen atoms in total. The zero-order valence-corrected chi connectivity index (χ0v) is 16.1. The molecule has 126 valence electrons. The van der Waals surface area contributed by atoms with Gasteiger partial charge in [0.15, 0.2) is 0 Å². The number of hydrogen-bond donors (Lipinski definition) is 1. The molecule has 0 aliphatic heterocycles. The fraction of sp³-hybridized carbons (Fsp3) is 0.222. The topological polar surface area (TPSA) is 55.4 Å². The minimum atomic E-state index is -0.426. The predicted molar refractivity (Wildman–Crippen MR) is 101 cm³/mol. The van der Waals surface area contributed by atoms with E-state index >= 15 is 0 Å². The predicted octanol–water partition coefficient (Wildman–Crippen LogP) is 4.58. The molecular formula is C18H18BrNO3S. The number of hydrogen-bond acceptors (Lipinski definition) is 4. The van der Waals surface area contributed by atoms with Gasteiger partial charge in [-0.25, -0.2) is 4.79 Å². The molecule has 0 unspecified atom stereocenters. The Kier molecular flexibility index (Phi) is 6.45. The van der Waals surface area contributed by atoms with E-state index in [1.807, 2.05) is 32.0 Å². The van der Waals surface area contributed by atoms with E-state index in [1.54, 1.807) is 18.2 Å². The maximum atomic E-state index is 12.2. The van der Waals surface area contributed by atoms with E-state index in [-0.39, 0.29) is 5.91 Å². The van der Waals surface area contributed by atoms with Gasteiger partial charge in [0, 0.05) is 15.1 Å². The van der Waals surface area contributed by atoms with Crippen molar-refractivity contribution in [1.82, 2.24) is 0 Å². The molecule has 2 aromatic rings. The zero-order chi connectivity index (χ0) is 17.7. The van der Waals surface area contributed by atoms with Gasteiger partial charge in [-0.05, 0) is 55.3 Å². The largest absolute Gasteiger partial charge is 0.465 e. The van der Waals surface area contributed by atoms with Crippen molar-refractivity contribution in [2.45, 2.75) is 18.7 Å². The number of carbonyl (C=O) groups excluding carboxylic acids is 2. The highest BCUT2D eigenvalue weighted by molar-refractivity contribution is 9.10. The molecule has 24 heavy (non-hydrogen) atoms. The van der Waals surface area contributed by atoms with Crippen molar-refractivity contribution >= 4 is 45.3 Å². The van der Waals surface area contributed by atoms with Crippen LogP contribution < -0.4 is 5.32 Å². The number of methoxy groups -OCH3 is 1. The van der Waals surface area contributed by atoms with Crippen molar-refractivity contribution in [2.24, 2.45) is 0 Å². The number of amides is 1. The van der Waals surface area contributed by atoms with E-state index in [4.69, 9.17) is 4.74 Å². The Bertz CT molecular complexity index is 777. The number of carbonyl (C=O) groups is 2. The summed E-state index contributed by atoms with van der Waals surface area (Å²) < 4.78 is 5.72. The maximum absolute atomic E-state index is 12.2. The number of benzene rings is 2. The molecule has 6 heteroatoms. The molecular weight excluding hydrogens is 390 g/mol. The summed E-state index contributed by atoms with van der Waals surface area (Å²) in [6, 6.07) is 11.1. The number of ether oxygens (including phenoxy) is 1. The molecule has 0 saturated heterocycles. The van der Waals surface area contributed by atoms with Crippen molar-refractivity contribution < 1.29 is 14.3 Å². The first-order chi connectivity index (χ1) is 11.4. The standard InChI is InChI=1S/C18H18BrNO3S/c1-11-4-5-13(18(22)23-3)9-15(11)20-17(21)10-24-16-7-6-14(19)8-12(16)2/h4-9H,10H2,1-3H3,(H,20,21). The van der Waals surface area contributed by atoms with Gasteiger partial charge >= 0.3 is 5.97 Å². The SMILES string of the molecule is COC(=O)c1ccc(C)c(NC(=O)CSc2ccc(Br)cc2C)c1. The van der Waals surface area contributed by atoms with Crippen molar-refractivity contribution in [2.75, 3.05) is 18.2 Å².